The molecule has 2 N–H and O–H groups in total. The molecule has 5 aliphatic heterocycles. The summed E-state index contributed by atoms with van der Waals surface area (Å²) in [5, 5.41) is 1.81. The number of anilines is 9. The average Bonchev–Trinajstić information content (AvgIpc) is 1.14. The second kappa shape index (κ2) is 48.2. The van der Waals surface area contributed by atoms with Crippen molar-refractivity contribution in [1.29, 1.82) is 0 Å². The number of carbonyl (C=O) groups is 10. The van der Waals surface area contributed by atoms with Gasteiger partial charge in [0.15, 0.2) is 0 Å². The van der Waals surface area contributed by atoms with Crippen molar-refractivity contribution in [2.45, 2.75) is 175 Å². The Hall–Kier alpha value is -14.7. The van der Waals surface area contributed by atoms with E-state index in [1.54, 1.807) is 186 Å². The Balaban J connectivity index is 0.000000152. The Bertz CT molecular complexity index is 6500. The zero-order valence-corrected chi connectivity index (χ0v) is 84.0. The van der Waals surface area contributed by atoms with E-state index in [-0.39, 0.29) is 113 Å². The molecule has 0 spiro atoms. The maximum atomic E-state index is 13.8. The maximum absolute atomic E-state index is 13.8. The summed E-state index contributed by atoms with van der Waals surface area (Å²) in [6.45, 7) is 18.9. The van der Waals surface area contributed by atoms with E-state index in [0.29, 0.717) is 131 Å². The number of esters is 1. The summed E-state index contributed by atoms with van der Waals surface area (Å²) in [5.74, 6) is 0.774. The molecule has 24 nitrogen and oxygen atoms in total. The van der Waals surface area contributed by atoms with Crippen molar-refractivity contribution in [3.05, 3.63) is 357 Å². The van der Waals surface area contributed by atoms with Crippen LogP contribution in [-0.4, -0.2) is 128 Å². The summed E-state index contributed by atoms with van der Waals surface area (Å²) in [6, 6.07) is 85.3. The SMILES string of the molecule is CC(=O)N(c1ccc(Cl)cc1)[C@@H]1C[C@H](C)N(C(=O)c2ccc(F)cc2)c2ccccc21.CC(=O)N(c1ccc(Cl)cc1)[C@@H]1C[C@H](C)N(C(=O)c2ccc(OCCCC(=O)N3CCCC3)cc2)c2ccccc21.CCOC(=O)CCCOc1ccc(C(=O)N2c3ccccc3[C@H](N(C(C)=O)c3ccc(Cl)cc3)C[C@@H]2C)cc1.COc1ccc(C(=O)N2c3ccccc3[C@H](N(C(C)=O)c3ccc(N)cc3)C[C@@H]2C)cc1. The van der Waals surface area contributed by atoms with E-state index in [2.05, 4.69) is 0 Å². The van der Waals surface area contributed by atoms with Crippen LogP contribution in [0, 0.1) is 5.82 Å². The smallest absolute Gasteiger partial charge is 0.305 e. The Morgan fingerprint density at radius 2 is 0.622 bits per heavy atom. The fourth-order valence-corrected chi connectivity index (χ4v) is 19.9. The minimum Gasteiger partial charge on any atom is -0.497 e. The minimum absolute atomic E-state index is 0.0586. The van der Waals surface area contributed by atoms with Gasteiger partial charge in [0.1, 0.15) is 23.1 Å². The fourth-order valence-electron chi connectivity index (χ4n) is 19.6. The first-order chi connectivity index (χ1) is 68.9. The van der Waals surface area contributed by atoms with E-state index >= 15 is 0 Å². The van der Waals surface area contributed by atoms with E-state index in [9.17, 15) is 52.3 Å². The largest absolute Gasteiger partial charge is 0.497 e. The van der Waals surface area contributed by atoms with Gasteiger partial charge in [-0.2, -0.15) is 0 Å². The van der Waals surface area contributed by atoms with Crippen molar-refractivity contribution in [3.8, 4) is 17.2 Å². The lowest BCUT2D eigenvalue weighted by Gasteiger charge is -2.43. The average molecular weight is 1990 g/mol. The lowest BCUT2D eigenvalue weighted by Crippen LogP contribution is -2.47. The van der Waals surface area contributed by atoms with E-state index in [1.807, 2.05) is 188 Å². The summed E-state index contributed by atoms with van der Waals surface area (Å²) >= 11 is 18.2. The molecule has 0 aliphatic carbocycles. The van der Waals surface area contributed by atoms with Crippen LogP contribution < -0.4 is 59.1 Å². The molecule has 0 bridgehead atoms. The molecule has 12 aromatic carbocycles. The highest BCUT2D eigenvalue weighted by Crippen LogP contribution is 2.49. The molecule has 12 aromatic rings. The number of halogens is 4. The number of nitrogens with zero attached hydrogens (tertiary/aromatic N) is 9. The molecule has 0 radical (unpaired) electrons. The number of nitrogen functional groups attached to an aromatic ring is 1. The van der Waals surface area contributed by atoms with Crippen molar-refractivity contribution in [1.82, 2.24) is 4.90 Å². The Morgan fingerprint density at radius 1 is 0.357 bits per heavy atom. The van der Waals surface area contributed by atoms with Gasteiger partial charge in [0.05, 0.1) is 51.1 Å². The number of benzene rings is 12. The number of carbonyl (C=O) groups excluding carboxylic acids is 10. The topological polar surface area (TPSA) is 263 Å². The zero-order chi connectivity index (χ0) is 102. The van der Waals surface area contributed by atoms with Crippen LogP contribution in [0.4, 0.5) is 55.6 Å². The lowest BCUT2D eigenvalue weighted by atomic mass is 9.89. The van der Waals surface area contributed by atoms with Crippen LogP contribution in [0.5, 0.6) is 17.2 Å². The van der Waals surface area contributed by atoms with Gasteiger partial charge in [-0.1, -0.05) is 108 Å². The number of nitrogens with two attached hydrogens (primary N) is 1. The van der Waals surface area contributed by atoms with Crippen molar-refractivity contribution >= 4 is 145 Å². The Kier molecular flexibility index (Phi) is 35.1. The molecular formula is C115H118Cl3FN10O14. The summed E-state index contributed by atoms with van der Waals surface area (Å²) in [5.41, 5.74) is 18.5. The predicted molar refractivity (Wildman–Crippen MR) is 562 cm³/mol. The van der Waals surface area contributed by atoms with Gasteiger partial charge < -0.3 is 68.8 Å². The number of methoxy groups -OCH3 is 1. The molecule has 0 saturated carbocycles. The second-order valence-electron chi connectivity index (χ2n) is 36.0. The van der Waals surface area contributed by atoms with Crippen LogP contribution in [0.1, 0.15) is 214 Å². The lowest BCUT2D eigenvalue weighted by molar-refractivity contribution is -0.143. The molecule has 5 heterocycles. The highest BCUT2D eigenvalue weighted by atomic mass is 35.5. The molecule has 5 aliphatic rings. The number of ether oxygens (including phenoxy) is 4. The molecule has 1 saturated heterocycles. The third-order valence-electron chi connectivity index (χ3n) is 26.2. The fraction of sp³-hybridized carbons (Fsp3) is 0.287. The second-order valence-corrected chi connectivity index (χ2v) is 37.3. The number of para-hydroxylation sites is 4. The standard InChI is InChI=1S/C33H36ClN3O4.C31H33ClN2O5.C26H27N3O3.C25H22ClFN2O2/c1-23-22-31(37(24(2)38)27-15-13-26(34)14-16-27)29-8-3-4-9-30(29)36(23)33(40)25-11-17-28(18-12-25)41-21-7-10-32(39)35-19-5-6-20-35;1-4-38-30(36)10-7-19-39-26-17-11-23(12-18-26)31(37)33-21(2)20-29(27-8-5-6-9-28(27)33)34(22(3)35)25-15-13-24(32)14-16-25;1-17-16-25(29(18(2)30)21-12-10-20(27)11-13-21)23-6-4-5-7-24(23)28(17)26(31)19-8-14-22(32-3)15-9-19;1-16-15-24(29(17(2)30)21-13-9-19(26)10-14-21)22-5-3-4-6-23(22)28(16)25(31)18-7-11-20(27)12-8-18/h3-4,8-9,11-18,23,31H,5-7,10,19-22H2,1-2H3;5-6,8-9,11-18,21,29H,4,7,10,19-20H2,1-3H3;4-15,17,25H,16,27H2,1-3H3;3-14,16,24H,15H2,1-2H3/t23-,31+;21-,29+;17-,25+;16-,24+/m0000/s1. The predicted octanol–water partition coefficient (Wildman–Crippen LogP) is 24.1. The maximum Gasteiger partial charge on any atom is 0.305 e. The highest BCUT2D eigenvalue weighted by molar-refractivity contribution is 6.31. The van der Waals surface area contributed by atoms with Crippen LogP contribution in [-0.2, 0) is 33.5 Å². The van der Waals surface area contributed by atoms with E-state index in [1.165, 1.54) is 31.2 Å². The third kappa shape index (κ3) is 24.9. The Labute approximate surface area is 849 Å². The van der Waals surface area contributed by atoms with Gasteiger partial charge in [0, 0.05) is 166 Å². The summed E-state index contributed by atoms with van der Waals surface area (Å²) in [6.07, 6.45) is 6.53. The molecule has 740 valence electrons. The van der Waals surface area contributed by atoms with Gasteiger partial charge in [-0.3, -0.25) is 47.9 Å². The van der Waals surface area contributed by atoms with Crippen LogP contribution in [0.25, 0.3) is 0 Å². The molecule has 1 fully saturated rings. The van der Waals surface area contributed by atoms with Gasteiger partial charge >= 0.3 is 5.97 Å². The van der Waals surface area contributed by atoms with Crippen LogP contribution in [0.2, 0.25) is 15.1 Å². The summed E-state index contributed by atoms with van der Waals surface area (Å²) in [7, 11) is 1.60. The summed E-state index contributed by atoms with van der Waals surface area (Å²) in [4.78, 5) is 145. The molecule has 17 rings (SSSR count). The molecule has 9 amide bonds. The van der Waals surface area contributed by atoms with Gasteiger partial charge in [-0.25, -0.2) is 4.39 Å². The monoisotopic (exact) mass is 1990 g/mol. The highest BCUT2D eigenvalue weighted by Gasteiger charge is 2.44. The zero-order valence-electron chi connectivity index (χ0n) is 81.8. The van der Waals surface area contributed by atoms with Crippen molar-refractivity contribution in [3.63, 3.8) is 0 Å². The molecule has 28 heteroatoms. The van der Waals surface area contributed by atoms with E-state index in [0.717, 1.165) is 93.7 Å². The molecule has 0 unspecified atom stereocenters. The van der Waals surface area contributed by atoms with Crippen LogP contribution in [0.3, 0.4) is 0 Å². The molecule has 0 aromatic heterocycles. The number of rotatable bonds is 24. The van der Waals surface area contributed by atoms with Gasteiger partial charge in [-0.15, -0.1) is 0 Å². The van der Waals surface area contributed by atoms with Crippen molar-refractivity contribution < 1.29 is 71.3 Å². The number of likely N-dealkylation sites (tertiary alicyclic amines) is 1. The first kappa shape index (κ1) is 104. The van der Waals surface area contributed by atoms with Crippen molar-refractivity contribution in [2.24, 2.45) is 0 Å². The Morgan fingerprint density at radius 3 is 0.902 bits per heavy atom. The van der Waals surface area contributed by atoms with Gasteiger partial charge in [0.2, 0.25) is 29.5 Å². The quantitative estimate of drug-likeness (QED) is 0.0335. The molecule has 143 heavy (non-hydrogen) atoms. The van der Waals surface area contributed by atoms with Crippen LogP contribution in [0.15, 0.2) is 291 Å². The van der Waals surface area contributed by atoms with Crippen LogP contribution >= 0.6 is 34.8 Å². The normalized spacial score (nSPS) is 17.4. The third-order valence-corrected chi connectivity index (χ3v) is 27.0. The van der Waals surface area contributed by atoms with Gasteiger partial charge in [-0.05, 0) is 327 Å². The molecular weight excluding hydrogens is 1870 g/mol. The number of hydrogen-bond donors (Lipinski definition) is 1. The van der Waals surface area contributed by atoms with Gasteiger partial charge in [0.25, 0.3) is 23.6 Å². The number of hydrogen-bond acceptors (Lipinski definition) is 15. The summed E-state index contributed by atoms with van der Waals surface area (Å²) < 4.78 is 35.1. The number of amides is 9. The van der Waals surface area contributed by atoms with Crippen molar-refractivity contribution in [2.75, 3.05) is 85.0 Å². The van der Waals surface area contributed by atoms with E-state index in [4.69, 9.17) is 59.5 Å². The molecule has 8 atom stereocenters. The number of fused-ring (bicyclic) bond motifs is 4. The minimum atomic E-state index is -0.385. The van der Waals surface area contributed by atoms with E-state index < -0.39 is 0 Å². The first-order valence-corrected chi connectivity index (χ1v) is 49.3. The first-order valence-electron chi connectivity index (χ1n) is 48.2.